The van der Waals surface area contributed by atoms with E-state index in [0.29, 0.717) is 36.6 Å². The Morgan fingerprint density at radius 1 is 1.12 bits per heavy atom. The van der Waals surface area contributed by atoms with E-state index in [2.05, 4.69) is 4.90 Å². The predicted octanol–water partition coefficient (Wildman–Crippen LogP) is 2.59. The monoisotopic (exact) mass is 440 g/mol. The number of carbonyl (C=O) groups is 2. The number of carbonyl (C=O) groups excluding carboxylic acids is 2. The lowest BCUT2D eigenvalue weighted by molar-refractivity contribution is -0.140. The molecule has 1 atom stereocenters. The molecule has 0 spiro atoms. The van der Waals surface area contributed by atoms with Crippen molar-refractivity contribution in [2.45, 2.75) is 6.04 Å². The number of benzene rings is 2. The van der Waals surface area contributed by atoms with Crippen LogP contribution in [0.3, 0.4) is 0 Å². The molecule has 1 amide bonds. The first-order valence-corrected chi connectivity index (χ1v) is 10.5. The molecule has 0 bridgehead atoms. The first kappa shape index (κ1) is 22.0. The number of aliphatic hydroxyl groups is 1. The fourth-order valence-corrected chi connectivity index (χ4v) is 4.11. The molecule has 2 heterocycles. The van der Waals surface area contributed by atoms with Crippen molar-refractivity contribution in [1.82, 2.24) is 9.80 Å². The second kappa shape index (κ2) is 9.50. The van der Waals surface area contributed by atoms with E-state index >= 15 is 0 Å². The van der Waals surface area contributed by atoms with Crippen LogP contribution in [0.5, 0.6) is 5.75 Å². The molecular formula is C24H25FN2O5. The molecule has 0 saturated carbocycles. The lowest BCUT2D eigenvalue weighted by atomic mass is 9.95. The van der Waals surface area contributed by atoms with Crippen LogP contribution in [0, 0.1) is 5.82 Å². The lowest BCUT2D eigenvalue weighted by Crippen LogP contribution is -2.42. The third-order valence-electron chi connectivity index (χ3n) is 5.83. The van der Waals surface area contributed by atoms with Gasteiger partial charge in [0, 0.05) is 31.7 Å². The summed E-state index contributed by atoms with van der Waals surface area (Å²) in [6.45, 7) is 3.52. The van der Waals surface area contributed by atoms with Gasteiger partial charge >= 0.3 is 0 Å². The summed E-state index contributed by atoms with van der Waals surface area (Å²) >= 11 is 0. The second-order valence-electron chi connectivity index (χ2n) is 7.73. The number of rotatable bonds is 6. The summed E-state index contributed by atoms with van der Waals surface area (Å²) in [4.78, 5) is 29.5. The smallest absolute Gasteiger partial charge is 0.295 e. The number of Topliss-reactive ketones (excluding diaryl/α,β-unsaturated/α-hetero) is 1. The average molecular weight is 440 g/mol. The molecule has 168 valence electrons. The van der Waals surface area contributed by atoms with Crippen molar-refractivity contribution in [3.05, 3.63) is 71.0 Å². The highest BCUT2D eigenvalue weighted by Gasteiger charge is 2.46. The Hall–Kier alpha value is -3.23. The van der Waals surface area contributed by atoms with Crippen molar-refractivity contribution >= 4 is 17.4 Å². The van der Waals surface area contributed by atoms with Gasteiger partial charge in [0.15, 0.2) is 0 Å². The van der Waals surface area contributed by atoms with Crippen LogP contribution in [-0.2, 0) is 14.3 Å². The molecule has 0 aliphatic carbocycles. The van der Waals surface area contributed by atoms with Gasteiger partial charge in [-0.3, -0.25) is 14.5 Å². The van der Waals surface area contributed by atoms with E-state index in [1.54, 1.807) is 30.3 Å². The van der Waals surface area contributed by atoms with Crippen LogP contribution < -0.4 is 4.74 Å². The van der Waals surface area contributed by atoms with E-state index in [4.69, 9.17) is 9.47 Å². The van der Waals surface area contributed by atoms with Crippen LogP contribution >= 0.6 is 0 Å². The van der Waals surface area contributed by atoms with Gasteiger partial charge in [-0.15, -0.1) is 0 Å². The Balaban J connectivity index is 1.73. The molecule has 7 nitrogen and oxygen atoms in total. The van der Waals surface area contributed by atoms with Crippen molar-refractivity contribution in [3.63, 3.8) is 0 Å². The summed E-state index contributed by atoms with van der Waals surface area (Å²) in [5, 5.41) is 11.0. The molecule has 2 aromatic carbocycles. The van der Waals surface area contributed by atoms with E-state index in [-0.39, 0.29) is 17.9 Å². The minimum Gasteiger partial charge on any atom is -0.507 e. The molecule has 0 unspecified atom stereocenters. The van der Waals surface area contributed by atoms with Crippen molar-refractivity contribution in [1.29, 1.82) is 0 Å². The third-order valence-corrected chi connectivity index (χ3v) is 5.83. The van der Waals surface area contributed by atoms with Gasteiger partial charge in [-0.2, -0.15) is 0 Å². The molecule has 2 aliphatic heterocycles. The first-order valence-electron chi connectivity index (χ1n) is 10.5. The second-order valence-corrected chi connectivity index (χ2v) is 7.73. The summed E-state index contributed by atoms with van der Waals surface area (Å²) in [6.07, 6.45) is 0. The predicted molar refractivity (Wildman–Crippen MR) is 116 cm³/mol. The number of ketones is 1. The van der Waals surface area contributed by atoms with Gasteiger partial charge in [-0.1, -0.05) is 12.1 Å². The number of likely N-dealkylation sites (tertiary alicyclic amines) is 1. The van der Waals surface area contributed by atoms with E-state index in [1.807, 2.05) is 0 Å². The third kappa shape index (κ3) is 4.37. The molecule has 8 heteroatoms. The fourth-order valence-electron chi connectivity index (χ4n) is 4.11. The van der Waals surface area contributed by atoms with Gasteiger partial charge in [0.25, 0.3) is 11.7 Å². The number of ether oxygens (including phenoxy) is 2. The minimum atomic E-state index is -0.881. The molecular weight excluding hydrogens is 415 g/mol. The zero-order valence-corrected chi connectivity index (χ0v) is 17.8. The Morgan fingerprint density at radius 2 is 1.84 bits per heavy atom. The summed E-state index contributed by atoms with van der Waals surface area (Å²) in [5.74, 6) is -1.67. The fraction of sp³-hybridized carbons (Fsp3) is 0.333. The number of nitrogens with zero attached hydrogens (tertiary/aromatic N) is 2. The van der Waals surface area contributed by atoms with Crippen molar-refractivity contribution < 1.29 is 28.6 Å². The quantitative estimate of drug-likeness (QED) is 0.423. The van der Waals surface area contributed by atoms with Gasteiger partial charge in [-0.05, 0) is 42.0 Å². The van der Waals surface area contributed by atoms with Gasteiger partial charge in [0.1, 0.15) is 17.3 Å². The van der Waals surface area contributed by atoms with E-state index < -0.39 is 23.5 Å². The summed E-state index contributed by atoms with van der Waals surface area (Å²) in [5.41, 5.74) is 0.757. The Kier molecular flexibility index (Phi) is 6.53. The first-order chi connectivity index (χ1) is 15.5. The topological polar surface area (TPSA) is 79.3 Å². The molecule has 1 N–H and O–H groups in total. The lowest BCUT2D eigenvalue weighted by Gasteiger charge is -2.31. The number of morpholine rings is 1. The van der Waals surface area contributed by atoms with Crippen LogP contribution in [0.2, 0.25) is 0 Å². The molecule has 2 saturated heterocycles. The van der Waals surface area contributed by atoms with Crippen LogP contribution in [0.1, 0.15) is 17.2 Å². The van der Waals surface area contributed by atoms with Crippen molar-refractivity contribution in [2.24, 2.45) is 0 Å². The highest BCUT2D eigenvalue weighted by Crippen LogP contribution is 2.39. The number of amides is 1. The summed E-state index contributed by atoms with van der Waals surface area (Å²) in [6, 6.07) is 11.4. The Morgan fingerprint density at radius 3 is 2.50 bits per heavy atom. The standard InChI is InChI=1S/C24H25FN2O5/c1-31-19-7-5-16(6-8-19)22(28)20-21(17-3-2-4-18(25)15-17)27(24(30)23(20)29)10-9-26-11-13-32-14-12-26/h2-8,15,21,28H,9-14H2,1H3/t21-/m0/s1. The van der Waals surface area contributed by atoms with Crippen LogP contribution in [0.15, 0.2) is 54.1 Å². The highest BCUT2D eigenvalue weighted by atomic mass is 19.1. The molecule has 0 radical (unpaired) electrons. The minimum absolute atomic E-state index is 0.0484. The molecule has 2 aliphatic rings. The van der Waals surface area contributed by atoms with Crippen LogP contribution in [-0.4, -0.2) is 73.1 Å². The molecule has 2 fully saturated rings. The normalized spacial score (nSPS) is 21.2. The number of methoxy groups -OCH3 is 1. The number of hydrogen-bond acceptors (Lipinski definition) is 6. The van der Waals surface area contributed by atoms with Crippen LogP contribution in [0.4, 0.5) is 4.39 Å². The molecule has 0 aromatic heterocycles. The number of halogens is 1. The maximum Gasteiger partial charge on any atom is 0.295 e. The van der Waals surface area contributed by atoms with Crippen molar-refractivity contribution in [2.75, 3.05) is 46.5 Å². The average Bonchev–Trinajstić information content (AvgIpc) is 3.08. The van der Waals surface area contributed by atoms with Gasteiger partial charge < -0.3 is 19.5 Å². The highest BCUT2D eigenvalue weighted by molar-refractivity contribution is 6.46. The van der Waals surface area contributed by atoms with E-state index in [0.717, 1.165) is 13.1 Å². The van der Waals surface area contributed by atoms with Gasteiger partial charge in [0.2, 0.25) is 0 Å². The maximum absolute atomic E-state index is 14.1. The van der Waals surface area contributed by atoms with Gasteiger partial charge in [0.05, 0.1) is 31.9 Å². The molecule has 2 aromatic rings. The zero-order valence-electron chi connectivity index (χ0n) is 17.8. The maximum atomic E-state index is 14.1. The summed E-state index contributed by atoms with van der Waals surface area (Å²) < 4.78 is 24.6. The molecule has 32 heavy (non-hydrogen) atoms. The van der Waals surface area contributed by atoms with Crippen molar-refractivity contribution in [3.8, 4) is 5.75 Å². The van der Waals surface area contributed by atoms with Gasteiger partial charge in [-0.25, -0.2) is 4.39 Å². The van der Waals surface area contributed by atoms with E-state index in [1.165, 1.54) is 30.2 Å². The van der Waals surface area contributed by atoms with E-state index in [9.17, 15) is 19.1 Å². The Labute approximate surface area is 185 Å². The SMILES string of the molecule is COc1ccc(C(O)=C2C(=O)C(=O)N(CCN3CCOCC3)[C@H]2c2cccc(F)c2)cc1. The summed E-state index contributed by atoms with van der Waals surface area (Å²) in [7, 11) is 1.53. The number of hydrogen-bond donors (Lipinski definition) is 1. The van der Waals surface area contributed by atoms with Crippen LogP contribution in [0.25, 0.3) is 5.76 Å². The Bertz CT molecular complexity index is 1030. The molecule has 4 rings (SSSR count). The largest absolute Gasteiger partial charge is 0.507 e. The zero-order chi connectivity index (χ0) is 22.7. The number of aliphatic hydroxyl groups excluding tert-OH is 1.